The van der Waals surface area contributed by atoms with Crippen molar-refractivity contribution < 1.29 is 9.90 Å². The lowest BCUT2D eigenvalue weighted by molar-refractivity contribution is 0.0690. The minimum absolute atomic E-state index is 0.105. The summed E-state index contributed by atoms with van der Waals surface area (Å²) in [5.74, 6) is -0.979. The molecule has 1 aromatic rings. The molecule has 1 aliphatic carbocycles. The Labute approximate surface area is 113 Å². The summed E-state index contributed by atoms with van der Waals surface area (Å²) in [5.41, 5.74) is 3.32. The Bertz CT molecular complexity index is 519. The second kappa shape index (κ2) is 5.43. The van der Waals surface area contributed by atoms with Crippen LogP contribution < -0.4 is 4.90 Å². The molecule has 1 fully saturated rings. The lowest BCUT2D eigenvalue weighted by atomic mass is 10.1. The van der Waals surface area contributed by atoms with Crippen LogP contribution in [-0.4, -0.2) is 29.1 Å². The first kappa shape index (κ1) is 13.6. The van der Waals surface area contributed by atoms with E-state index in [1.807, 2.05) is 7.05 Å². The van der Waals surface area contributed by atoms with E-state index in [2.05, 4.69) is 29.8 Å². The number of pyridine rings is 1. The SMILES string of the molecule is CC/C(C)=C/c1cnc(C(=O)O)cc1N(C)C1CC1. The van der Waals surface area contributed by atoms with Crippen LogP contribution in [-0.2, 0) is 0 Å². The van der Waals surface area contributed by atoms with Crippen LogP contribution in [0.1, 0.15) is 49.2 Å². The average Bonchev–Trinajstić information content (AvgIpc) is 3.22. The number of rotatable bonds is 5. The summed E-state index contributed by atoms with van der Waals surface area (Å²) in [4.78, 5) is 17.2. The van der Waals surface area contributed by atoms with Gasteiger partial charge in [-0.2, -0.15) is 0 Å². The summed E-state index contributed by atoms with van der Waals surface area (Å²) in [6.45, 7) is 4.18. The van der Waals surface area contributed by atoms with Crippen molar-refractivity contribution in [3.05, 3.63) is 29.1 Å². The number of anilines is 1. The third-order valence-corrected chi connectivity index (χ3v) is 3.57. The van der Waals surface area contributed by atoms with Crippen LogP contribution in [0.4, 0.5) is 5.69 Å². The number of aromatic carboxylic acids is 1. The maximum atomic E-state index is 11.1. The Balaban J connectivity index is 2.43. The zero-order chi connectivity index (χ0) is 14.0. The maximum absolute atomic E-state index is 11.1. The van der Waals surface area contributed by atoms with Gasteiger partial charge in [0.1, 0.15) is 5.69 Å². The minimum Gasteiger partial charge on any atom is -0.477 e. The van der Waals surface area contributed by atoms with Crippen LogP contribution in [0.2, 0.25) is 0 Å². The molecule has 0 saturated heterocycles. The standard InChI is InChI=1S/C15H20N2O2/c1-4-10(2)7-11-9-16-13(15(18)19)8-14(11)17(3)12-5-6-12/h7-9,12H,4-6H2,1-3H3,(H,18,19)/b10-7+. The molecular formula is C15H20N2O2. The first-order chi connectivity index (χ1) is 9.02. The topological polar surface area (TPSA) is 53.4 Å². The van der Waals surface area contributed by atoms with Crippen LogP contribution in [0.15, 0.2) is 17.8 Å². The molecule has 1 saturated carbocycles. The number of hydrogen-bond donors (Lipinski definition) is 1. The molecule has 0 spiro atoms. The summed E-state index contributed by atoms with van der Waals surface area (Å²) < 4.78 is 0. The molecule has 0 aromatic carbocycles. The first-order valence-electron chi connectivity index (χ1n) is 6.66. The molecule has 0 unspecified atom stereocenters. The fourth-order valence-electron chi connectivity index (χ4n) is 2.01. The van der Waals surface area contributed by atoms with Gasteiger partial charge in [-0.15, -0.1) is 0 Å². The molecule has 4 nitrogen and oxygen atoms in total. The van der Waals surface area contributed by atoms with Crippen LogP contribution in [0, 0.1) is 0 Å². The highest BCUT2D eigenvalue weighted by Gasteiger charge is 2.28. The van der Waals surface area contributed by atoms with Gasteiger partial charge in [-0.25, -0.2) is 9.78 Å². The highest BCUT2D eigenvalue weighted by molar-refractivity contribution is 5.87. The molecule has 0 amide bonds. The summed E-state index contributed by atoms with van der Waals surface area (Å²) >= 11 is 0. The number of carboxylic acid groups (broad SMARTS) is 1. The van der Waals surface area contributed by atoms with Gasteiger partial charge in [0.05, 0.1) is 0 Å². The molecular weight excluding hydrogens is 240 g/mol. The number of hydrogen-bond acceptors (Lipinski definition) is 3. The molecule has 4 heteroatoms. The predicted molar refractivity (Wildman–Crippen MR) is 76.6 cm³/mol. The van der Waals surface area contributed by atoms with E-state index in [0.29, 0.717) is 6.04 Å². The number of nitrogens with zero attached hydrogens (tertiary/aromatic N) is 2. The van der Waals surface area contributed by atoms with Gasteiger partial charge in [0, 0.05) is 30.5 Å². The number of aromatic nitrogens is 1. The Hall–Kier alpha value is -1.84. The summed E-state index contributed by atoms with van der Waals surface area (Å²) in [6, 6.07) is 2.22. The van der Waals surface area contributed by atoms with Gasteiger partial charge in [0.2, 0.25) is 0 Å². The van der Waals surface area contributed by atoms with E-state index in [4.69, 9.17) is 5.11 Å². The van der Waals surface area contributed by atoms with Crippen molar-refractivity contribution in [3.8, 4) is 0 Å². The van der Waals surface area contributed by atoms with Gasteiger partial charge in [0.15, 0.2) is 0 Å². The third-order valence-electron chi connectivity index (χ3n) is 3.57. The Morgan fingerprint density at radius 1 is 1.58 bits per heavy atom. The lowest BCUT2D eigenvalue weighted by Crippen LogP contribution is -2.21. The first-order valence-corrected chi connectivity index (χ1v) is 6.66. The van der Waals surface area contributed by atoms with Gasteiger partial charge < -0.3 is 10.0 Å². The molecule has 0 atom stereocenters. The Morgan fingerprint density at radius 3 is 2.79 bits per heavy atom. The predicted octanol–water partition coefficient (Wildman–Crippen LogP) is 3.19. The van der Waals surface area contributed by atoms with Crippen LogP contribution >= 0.6 is 0 Å². The van der Waals surface area contributed by atoms with Crippen molar-refractivity contribution in [1.82, 2.24) is 4.98 Å². The highest BCUT2D eigenvalue weighted by Crippen LogP contribution is 2.33. The molecule has 0 bridgehead atoms. The van der Waals surface area contributed by atoms with Gasteiger partial charge >= 0.3 is 5.97 Å². The van der Waals surface area contributed by atoms with Crippen molar-refractivity contribution in [2.75, 3.05) is 11.9 Å². The lowest BCUT2D eigenvalue weighted by Gasteiger charge is -2.21. The zero-order valence-electron chi connectivity index (χ0n) is 11.7. The van der Waals surface area contributed by atoms with Gasteiger partial charge in [-0.3, -0.25) is 0 Å². The van der Waals surface area contributed by atoms with Gasteiger partial charge in [-0.05, 0) is 32.3 Å². The van der Waals surface area contributed by atoms with Crippen molar-refractivity contribution in [3.63, 3.8) is 0 Å². The van der Waals surface area contributed by atoms with Crippen molar-refractivity contribution >= 4 is 17.7 Å². The number of carboxylic acids is 1. The van der Waals surface area contributed by atoms with Gasteiger partial charge in [0.25, 0.3) is 0 Å². The minimum atomic E-state index is -0.979. The van der Waals surface area contributed by atoms with E-state index < -0.39 is 5.97 Å². The van der Waals surface area contributed by atoms with E-state index >= 15 is 0 Å². The maximum Gasteiger partial charge on any atom is 0.354 e. The van der Waals surface area contributed by atoms with E-state index in [1.165, 1.54) is 18.4 Å². The second-order valence-corrected chi connectivity index (χ2v) is 5.12. The summed E-state index contributed by atoms with van der Waals surface area (Å²) in [7, 11) is 2.03. The number of carbonyl (C=O) groups is 1. The molecule has 19 heavy (non-hydrogen) atoms. The molecule has 102 valence electrons. The highest BCUT2D eigenvalue weighted by atomic mass is 16.4. The summed E-state index contributed by atoms with van der Waals surface area (Å²) in [5, 5.41) is 9.07. The van der Waals surface area contributed by atoms with Crippen LogP contribution in [0.3, 0.4) is 0 Å². The molecule has 0 radical (unpaired) electrons. The van der Waals surface area contributed by atoms with Crippen LogP contribution in [0.5, 0.6) is 0 Å². The molecule has 1 aromatic heterocycles. The largest absolute Gasteiger partial charge is 0.477 e. The second-order valence-electron chi connectivity index (χ2n) is 5.12. The normalized spacial score (nSPS) is 15.4. The molecule has 1 aliphatic rings. The third kappa shape index (κ3) is 3.13. The number of allylic oxidation sites excluding steroid dienone is 1. The van der Waals surface area contributed by atoms with E-state index in [1.54, 1.807) is 12.3 Å². The monoisotopic (exact) mass is 260 g/mol. The van der Waals surface area contributed by atoms with Crippen molar-refractivity contribution in [2.45, 2.75) is 39.2 Å². The van der Waals surface area contributed by atoms with E-state index in [-0.39, 0.29) is 5.69 Å². The van der Waals surface area contributed by atoms with Crippen LogP contribution in [0.25, 0.3) is 6.08 Å². The molecule has 1 heterocycles. The van der Waals surface area contributed by atoms with E-state index in [9.17, 15) is 4.79 Å². The van der Waals surface area contributed by atoms with E-state index in [0.717, 1.165) is 17.7 Å². The van der Waals surface area contributed by atoms with Crippen molar-refractivity contribution in [2.24, 2.45) is 0 Å². The summed E-state index contributed by atoms with van der Waals surface area (Å²) in [6.07, 6.45) is 7.09. The Morgan fingerprint density at radius 2 is 2.26 bits per heavy atom. The molecule has 1 N–H and O–H groups in total. The Kier molecular flexibility index (Phi) is 3.88. The van der Waals surface area contributed by atoms with Crippen molar-refractivity contribution in [1.29, 1.82) is 0 Å². The average molecular weight is 260 g/mol. The fraction of sp³-hybridized carbons (Fsp3) is 0.467. The fourth-order valence-corrected chi connectivity index (χ4v) is 2.01. The smallest absolute Gasteiger partial charge is 0.354 e. The quantitative estimate of drug-likeness (QED) is 0.883. The van der Waals surface area contributed by atoms with Gasteiger partial charge in [-0.1, -0.05) is 18.6 Å². The molecule has 2 rings (SSSR count). The zero-order valence-corrected chi connectivity index (χ0v) is 11.7. The molecule has 0 aliphatic heterocycles.